The molecular formula is C59H38N2S. The SMILES string of the molecule is c1ccc(-c2ccc(-c3cc(-c4ccccc4-c4ccc5c(c4)C4(c6ccccc6S5)c5ccccc5-c5ccccc54)nc(-c4ccc(-c5ccccc5)cc4)n3)cc2)cc1. The Balaban J connectivity index is 1.03. The van der Waals surface area contributed by atoms with Crippen LogP contribution in [-0.2, 0) is 5.41 Å². The van der Waals surface area contributed by atoms with E-state index in [1.807, 2.05) is 11.8 Å². The van der Waals surface area contributed by atoms with E-state index in [0.717, 1.165) is 44.8 Å². The Morgan fingerprint density at radius 3 is 1.34 bits per heavy atom. The van der Waals surface area contributed by atoms with Crippen LogP contribution < -0.4 is 0 Å². The molecule has 2 aliphatic rings. The fourth-order valence-corrected chi connectivity index (χ4v) is 10.9. The summed E-state index contributed by atoms with van der Waals surface area (Å²) in [7, 11) is 0. The maximum atomic E-state index is 5.39. The minimum absolute atomic E-state index is 0.456. The van der Waals surface area contributed by atoms with Crippen LogP contribution in [-0.4, -0.2) is 9.97 Å². The number of benzene rings is 9. The van der Waals surface area contributed by atoms with E-state index in [2.05, 4.69) is 231 Å². The summed E-state index contributed by atoms with van der Waals surface area (Å²) in [6, 6.07) is 83.4. The van der Waals surface area contributed by atoms with E-state index in [1.165, 1.54) is 59.9 Å². The second-order valence-corrected chi connectivity index (χ2v) is 17.1. The Bertz CT molecular complexity index is 3150. The molecule has 1 aromatic heterocycles. The molecule has 0 unspecified atom stereocenters. The Hall–Kier alpha value is -7.59. The third kappa shape index (κ3) is 5.89. The van der Waals surface area contributed by atoms with Crippen LogP contribution in [0.4, 0.5) is 0 Å². The van der Waals surface area contributed by atoms with Crippen LogP contribution in [0.3, 0.4) is 0 Å². The molecule has 12 rings (SSSR count). The van der Waals surface area contributed by atoms with Gasteiger partial charge >= 0.3 is 0 Å². The first-order chi connectivity index (χ1) is 30.7. The van der Waals surface area contributed by atoms with Crippen molar-refractivity contribution in [1.29, 1.82) is 0 Å². The molecule has 62 heavy (non-hydrogen) atoms. The van der Waals surface area contributed by atoms with Gasteiger partial charge in [0.15, 0.2) is 5.82 Å². The van der Waals surface area contributed by atoms with Gasteiger partial charge in [0.1, 0.15) is 0 Å². The highest BCUT2D eigenvalue weighted by Gasteiger charge is 2.50. The van der Waals surface area contributed by atoms with Gasteiger partial charge in [-0.05, 0) is 91.0 Å². The summed E-state index contributed by atoms with van der Waals surface area (Å²) in [4.78, 5) is 13.2. The van der Waals surface area contributed by atoms with Crippen LogP contribution in [0, 0.1) is 0 Å². The third-order valence-corrected chi connectivity index (χ3v) is 13.8. The number of aromatic nitrogens is 2. The molecule has 1 spiro atoms. The highest BCUT2D eigenvalue weighted by atomic mass is 32.2. The lowest BCUT2D eigenvalue weighted by atomic mass is 9.67. The quantitative estimate of drug-likeness (QED) is 0.167. The predicted octanol–water partition coefficient (Wildman–Crippen LogP) is 15.3. The molecule has 290 valence electrons. The van der Waals surface area contributed by atoms with Gasteiger partial charge in [-0.15, -0.1) is 0 Å². The number of rotatable bonds is 6. The average molecular weight is 807 g/mol. The summed E-state index contributed by atoms with van der Waals surface area (Å²) in [5, 5.41) is 0. The van der Waals surface area contributed by atoms with E-state index in [4.69, 9.17) is 9.97 Å². The lowest BCUT2D eigenvalue weighted by Crippen LogP contribution is -2.32. The molecule has 0 N–H and O–H groups in total. The molecule has 0 atom stereocenters. The van der Waals surface area contributed by atoms with E-state index < -0.39 is 5.41 Å². The van der Waals surface area contributed by atoms with Crippen molar-refractivity contribution in [2.45, 2.75) is 15.2 Å². The Labute approximate surface area is 366 Å². The molecule has 0 fully saturated rings. The van der Waals surface area contributed by atoms with Gasteiger partial charge in [-0.3, -0.25) is 0 Å². The van der Waals surface area contributed by atoms with Gasteiger partial charge in [0, 0.05) is 26.5 Å². The molecule has 1 aliphatic carbocycles. The Morgan fingerprint density at radius 1 is 0.274 bits per heavy atom. The van der Waals surface area contributed by atoms with Gasteiger partial charge in [-0.25, -0.2) is 9.97 Å². The van der Waals surface area contributed by atoms with Crippen LogP contribution >= 0.6 is 11.8 Å². The smallest absolute Gasteiger partial charge is 0.160 e. The second-order valence-electron chi connectivity index (χ2n) is 16.0. The van der Waals surface area contributed by atoms with Crippen molar-refractivity contribution in [3.05, 3.63) is 253 Å². The van der Waals surface area contributed by atoms with E-state index >= 15 is 0 Å². The van der Waals surface area contributed by atoms with Crippen LogP contribution in [0.5, 0.6) is 0 Å². The molecule has 1 aliphatic heterocycles. The highest BCUT2D eigenvalue weighted by molar-refractivity contribution is 7.99. The van der Waals surface area contributed by atoms with Gasteiger partial charge in [0.05, 0.1) is 16.8 Å². The van der Waals surface area contributed by atoms with E-state index in [9.17, 15) is 0 Å². The molecule has 10 aromatic rings. The average Bonchev–Trinajstić information content (AvgIpc) is 3.65. The molecule has 9 aromatic carbocycles. The molecular weight excluding hydrogens is 769 g/mol. The molecule has 0 saturated heterocycles. The first-order valence-electron chi connectivity index (χ1n) is 21.1. The summed E-state index contributed by atoms with van der Waals surface area (Å²) >= 11 is 1.87. The first kappa shape index (κ1) is 36.3. The lowest BCUT2D eigenvalue weighted by molar-refractivity contribution is 0.723. The fourth-order valence-electron chi connectivity index (χ4n) is 9.75. The van der Waals surface area contributed by atoms with Crippen molar-refractivity contribution >= 4 is 11.8 Å². The zero-order valence-corrected chi connectivity index (χ0v) is 34.6. The highest BCUT2D eigenvalue weighted by Crippen LogP contribution is 2.62. The largest absolute Gasteiger partial charge is 0.228 e. The summed E-state index contributed by atoms with van der Waals surface area (Å²) in [6.45, 7) is 0. The minimum atomic E-state index is -0.456. The van der Waals surface area contributed by atoms with Gasteiger partial charge in [-0.2, -0.15) is 0 Å². The van der Waals surface area contributed by atoms with Crippen LogP contribution in [0.1, 0.15) is 22.3 Å². The van der Waals surface area contributed by atoms with Gasteiger partial charge in [-0.1, -0.05) is 218 Å². The molecule has 2 heterocycles. The molecule has 3 heteroatoms. The number of nitrogens with zero attached hydrogens (tertiary/aromatic N) is 2. The number of hydrogen-bond donors (Lipinski definition) is 0. The molecule has 0 saturated carbocycles. The van der Waals surface area contributed by atoms with Crippen LogP contribution in [0.15, 0.2) is 240 Å². The normalized spacial score (nSPS) is 12.9. The van der Waals surface area contributed by atoms with Crippen LogP contribution in [0.2, 0.25) is 0 Å². The standard InChI is InChI=1S/C59H38N2S/c1-3-15-39(16-4-1)41-27-31-43(32-28-41)54-38-55(61-58(60-54)44-33-29-42(30-34-44)40-17-5-2-6-18-40)49-22-8-7-19-46(49)45-35-36-57-53(37-45)59(52-25-13-14-26-56(52)62-57)50-23-11-9-20-47(50)48-21-10-12-24-51(48)59/h1-38H. The maximum absolute atomic E-state index is 5.39. The predicted molar refractivity (Wildman–Crippen MR) is 256 cm³/mol. The van der Waals surface area contributed by atoms with Crippen molar-refractivity contribution in [2.75, 3.05) is 0 Å². The van der Waals surface area contributed by atoms with E-state index in [1.54, 1.807) is 0 Å². The van der Waals surface area contributed by atoms with Crippen molar-refractivity contribution < 1.29 is 0 Å². The van der Waals surface area contributed by atoms with Crippen molar-refractivity contribution in [3.63, 3.8) is 0 Å². The molecule has 0 bridgehead atoms. The summed E-state index contributed by atoms with van der Waals surface area (Å²) in [6.07, 6.45) is 0. The summed E-state index contributed by atoms with van der Waals surface area (Å²) < 4.78 is 0. The summed E-state index contributed by atoms with van der Waals surface area (Å²) in [5.74, 6) is 0.690. The molecule has 2 nitrogen and oxygen atoms in total. The number of fused-ring (bicyclic) bond motifs is 9. The van der Waals surface area contributed by atoms with E-state index in [0.29, 0.717) is 5.82 Å². The molecule has 0 amide bonds. The third-order valence-electron chi connectivity index (χ3n) is 12.6. The molecule has 0 radical (unpaired) electrons. The summed E-state index contributed by atoms with van der Waals surface area (Å²) in [5.41, 5.74) is 19.3. The van der Waals surface area contributed by atoms with Crippen LogP contribution in [0.25, 0.3) is 78.4 Å². The fraction of sp³-hybridized carbons (Fsp3) is 0.0169. The van der Waals surface area contributed by atoms with E-state index in [-0.39, 0.29) is 0 Å². The van der Waals surface area contributed by atoms with Gasteiger partial charge < -0.3 is 0 Å². The van der Waals surface area contributed by atoms with Gasteiger partial charge in [0.2, 0.25) is 0 Å². The Kier molecular flexibility index (Phi) is 8.69. The maximum Gasteiger partial charge on any atom is 0.160 e. The second kappa shape index (κ2) is 14.8. The Morgan fingerprint density at radius 2 is 0.710 bits per heavy atom. The zero-order valence-electron chi connectivity index (χ0n) is 33.7. The lowest BCUT2D eigenvalue weighted by Gasteiger charge is -2.40. The zero-order chi connectivity index (χ0) is 41.0. The van der Waals surface area contributed by atoms with Gasteiger partial charge in [0.25, 0.3) is 0 Å². The topological polar surface area (TPSA) is 25.8 Å². The minimum Gasteiger partial charge on any atom is -0.228 e. The van der Waals surface area contributed by atoms with Crippen molar-refractivity contribution in [3.8, 4) is 78.4 Å². The number of hydrogen-bond acceptors (Lipinski definition) is 3. The van der Waals surface area contributed by atoms with Crippen molar-refractivity contribution in [1.82, 2.24) is 9.97 Å². The van der Waals surface area contributed by atoms with Crippen molar-refractivity contribution in [2.24, 2.45) is 0 Å². The monoisotopic (exact) mass is 806 g/mol. The first-order valence-corrected chi connectivity index (χ1v) is 22.0.